The zero-order valence-corrected chi connectivity index (χ0v) is 14.3. The van der Waals surface area contributed by atoms with Crippen molar-refractivity contribution < 1.29 is 9.59 Å². The predicted octanol–water partition coefficient (Wildman–Crippen LogP) is 3.05. The van der Waals surface area contributed by atoms with Crippen LogP contribution in [0, 0.1) is 0 Å². The van der Waals surface area contributed by atoms with Gasteiger partial charge in [-0.3, -0.25) is 9.59 Å². The number of carbonyl (C=O) groups is 2. The van der Waals surface area contributed by atoms with E-state index < -0.39 is 11.8 Å². The van der Waals surface area contributed by atoms with Gasteiger partial charge in [0.05, 0.1) is 6.04 Å². The van der Waals surface area contributed by atoms with E-state index >= 15 is 0 Å². The van der Waals surface area contributed by atoms with Crippen LogP contribution in [0.2, 0.25) is 0 Å². The maximum absolute atomic E-state index is 12.0. The molecule has 1 aromatic rings. The van der Waals surface area contributed by atoms with Gasteiger partial charge < -0.3 is 10.6 Å². The molecule has 0 saturated carbocycles. The Labute approximate surface area is 139 Å². The Bertz CT molecular complexity index is 554. The molecule has 0 bridgehead atoms. The monoisotopic (exact) mass is 316 g/mol. The normalized spacial score (nSPS) is 14.7. The fourth-order valence-electron chi connectivity index (χ4n) is 3.07. The predicted molar refractivity (Wildman–Crippen MR) is 92.2 cm³/mol. The van der Waals surface area contributed by atoms with Crippen molar-refractivity contribution in [3.8, 4) is 0 Å². The Hall–Kier alpha value is -1.84. The molecule has 0 fully saturated rings. The molecule has 1 atom stereocenters. The average molecular weight is 316 g/mol. The molecule has 0 heterocycles. The number of benzene rings is 1. The SMILES string of the molecule is CCCCNC(=O)C(=O)NC(CC)c1ccc2c(c1)CCCC2. The summed E-state index contributed by atoms with van der Waals surface area (Å²) in [6.45, 7) is 4.63. The zero-order valence-electron chi connectivity index (χ0n) is 14.3. The number of rotatable bonds is 6. The van der Waals surface area contributed by atoms with E-state index in [4.69, 9.17) is 0 Å². The van der Waals surface area contributed by atoms with Crippen LogP contribution in [0.5, 0.6) is 0 Å². The smallest absolute Gasteiger partial charge is 0.309 e. The number of hydrogen-bond acceptors (Lipinski definition) is 2. The van der Waals surface area contributed by atoms with Crippen LogP contribution >= 0.6 is 0 Å². The minimum absolute atomic E-state index is 0.105. The molecule has 1 aromatic carbocycles. The van der Waals surface area contributed by atoms with Crippen molar-refractivity contribution in [2.75, 3.05) is 6.54 Å². The van der Waals surface area contributed by atoms with Gasteiger partial charge in [-0.15, -0.1) is 0 Å². The van der Waals surface area contributed by atoms with E-state index in [1.807, 2.05) is 6.92 Å². The lowest BCUT2D eigenvalue weighted by molar-refractivity contribution is -0.139. The Balaban J connectivity index is 1.99. The lowest BCUT2D eigenvalue weighted by Gasteiger charge is -2.21. The third-order valence-electron chi connectivity index (χ3n) is 4.51. The molecular formula is C19H28N2O2. The summed E-state index contributed by atoms with van der Waals surface area (Å²) in [5, 5.41) is 5.53. The first-order valence-electron chi connectivity index (χ1n) is 8.86. The molecule has 126 valence electrons. The highest BCUT2D eigenvalue weighted by Crippen LogP contribution is 2.26. The summed E-state index contributed by atoms with van der Waals surface area (Å²) in [6.07, 6.45) is 7.42. The number of unbranched alkanes of at least 4 members (excludes halogenated alkanes) is 1. The summed E-state index contributed by atoms with van der Waals surface area (Å²) in [6, 6.07) is 6.37. The first kappa shape index (κ1) is 17.5. The number of carbonyl (C=O) groups excluding carboxylic acids is 2. The van der Waals surface area contributed by atoms with Crippen LogP contribution in [-0.2, 0) is 22.4 Å². The summed E-state index contributed by atoms with van der Waals surface area (Å²) in [7, 11) is 0. The topological polar surface area (TPSA) is 58.2 Å². The maximum atomic E-state index is 12.0. The number of amides is 2. The molecule has 0 aliphatic heterocycles. The van der Waals surface area contributed by atoms with E-state index in [0.29, 0.717) is 6.54 Å². The van der Waals surface area contributed by atoms with E-state index in [0.717, 1.165) is 37.7 Å². The molecule has 2 rings (SSSR count). The summed E-state index contributed by atoms with van der Waals surface area (Å²) >= 11 is 0. The standard InChI is InChI=1S/C19H28N2O2/c1-3-5-12-20-18(22)19(23)21-17(4-2)16-11-10-14-8-6-7-9-15(14)13-16/h10-11,13,17H,3-9,12H2,1-2H3,(H,20,22)(H,21,23). The third kappa shape index (κ3) is 4.81. The largest absolute Gasteiger partial charge is 0.348 e. The van der Waals surface area contributed by atoms with Gasteiger partial charge in [-0.25, -0.2) is 0 Å². The molecule has 0 aromatic heterocycles. The summed E-state index contributed by atoms with van der Waals surface area (Å²) < 4.78 is 0. The van der Waals surface area contributed by atoms with Crippen LogP contribution in [0.25, 0.3) is 0 Å². The Morgan fingerprint density at radius 1 is 1.09 bits per heavy atom. The maximum Gasteiger partial charge on any atom is 0.309 e. The van der Waals surface area contributed by atoms with Crippen molar-refractivity contribution in [1.82, 2.24) is 10.6 Å². The second-order valence-corrected chi connectivity index (χ2v) is 6.28. The molecule has 4 heteroatoms. The minimum Gasteiger partial charge on any atom is -0.348 e. The van der Waals surface area contributed by atoms with Gasteiger partial charge in [0.2, 0.25) is 0 Å². The second kappa shape index (κ2) is 8.70. The lowest BCUT2D eigenvalue weighted by Crippen LogP contribution is -2.41. The molecule has 1 aliphatic rings. The van der Waals surface area contributed by atoms with Crippen molar-refractivity contribution in [3.05, 3.63) is 34.9 Å². The first-order valence-corrected chi connectivity index (χ1v) is 8.86. The highest BCUT2D eigenvalue weighted by molar-refractivity contribution is 6.35. The van der Waals surface area contributed by atoms with Gasteiger partial charge in [0.15, 0.2) is 0 Å². The molecule has 1 unspecified atom stereocenters. The summed E-state index contributed by atoms with van der Waals surface area (Å²) in [4.78, 5) is 23.9. The van der Waals surface area contributed by atoms with Crippen LogP contribution in [0.3, 0.4) is 0 Å². The van der Waals surface area contributed by atoms with Crippen LogP contribution < -0.4 is 10.6 Å². The minimum atomic E-state index is -0.536. The third-order valence-corrected chi connectivity index (χ3v) is 4.51. The van der Waals surface area contributed by atoms with Crippen molar-refractivity contribution >= 4 is 11.8 Å². The molecular weight excluding hydrogens is 288 g/mol. The molecule has 0 spiro atoms. The van der Waals surface area contributed by atoms with Gasteiger partial charge in [0.25, 0.3) is 0 Å². The van der Waals surface area contributed by atoms with Gasteiger partial charge in [0, 0.05) is 6.54 Å². The molecule has 4 nitrogen and oxygen atoms in total. The van der Waals surface area contributed by atoms with Crippen molar-refractivity contribution in [2.45, 2.75) is 64.8 Å². The fraction of sp³-hybridized carbons (Fsp3) is 0.579. The van der Waals surface area contributed by atoms with Crippen LogP contribution in [0.15, 0.2) is 18.2 Å². The Morgan fingerprint density at radius 2 is 1.83 bits per heavy atom. The quantitative estimate of drug-likeness (QED) is 0.626. The van der Waals surface area contributed by atoms with Gasteiger partial charge in [-0.1, -0.05) is 38.5 Å². The number of fused-ring (bicyclic) bond motifs is 1. The Morgan fingerprint density at radius 3 is 2.52 bits per heavy atom. The van der Waals surface area contributed by atoms with Crippen LogP contribution in [0.1, 0.15) is 68.7 Å². The Kier molecular flexibility index (Phi) is 6.63. The van der Waals surface area contributed by atoms with Gasteiger partial charge >= 0.3 is 11.8 Å². The molecule has 23 heavy (non-hydrogen) atoms. The lowest BCUT2D eigenvalue weighted by atomic mass is 9.89. The number of nitrogens with one attached hydrogen (secondary N) is 2. The molecule has 2 N–H and O–H groups in total. The molecule has 2 amide bonds. The van der Waals surface area contributed by atoms with E-state index in [1.54, 1.807) is 0 Å². The number of aryl methyl sites for hydroxylation is 2. The average Bonchev–Trinajstić information content (AvgIpc) is 2.59. The van der Waals surface area contributed by atoms with E-state index in [2.05, 4.69) is 35.8 Å². The van der Waals surface area contributed by atoms with Crippen molar-refractivity contribution in [3.63, 3.8) is 0 Å². The fourth-order valence-corrected chi connectivity index (χ4v) is 3.07. The zero-order chi connectivity index (χ0) is 16.7. The number of hydrogen-bond donors (Lipinski definition) is 2. The van der Waals surface area contributed by atoms with Crippen LogP contribution in [-0.4, -0.2) is 18.4 Å². The second-order valence-electron chi connectivity index (χ2n) is 6.28. The summed E-state index contributed by atoms with van der Waals surface area (Å²) in [5.74, 6) is -1.07. The van der Waals surface area contributed by atoms with E-state index in [1.165, 1.54) is 24.0 Å². The summed E-state index contributed by atoms with van der Waals surface area (Å²) in [5.41, 5.74) is 3.93. The van der Waals surface area contributed by atoms with Crippen molar-refractivity contribution in [1.29, 1.82) is 0 Å². The van der Waals surface area contributed by atoms with E-state index in [9.17, 15) is 9.59 Å². The highest BCUT2D eigenvalue weighted by Gasteiger charge is 2.19. The van der Waals surface area contributed by atoms with Crippen LogP contribution in [0.4, 0.5) is 0 Å². The highest BCUT2D eigenvalue weighted by atomic mass is 16.2. The molecule has 0 saturated heterocycles. The molecule has 1 aliphatic carbocycles. The first-order chi connectivity index (χ1) is 11.2. The molecule has 0 radical (unpaired) electrons. The van der Waals surface area contributed by atoms with Crippen molar-refractivity contribution in [2.24, 2.45) is 0 Å². The van der Waals surface area contributed by atoms with Gasteiger partial charge in [-0.05, 0) is 55.2 Å². The van der Waals surface area contributed by atoms with Gasteiger partial charge in [0.1, 0.15) is 0 Å². The van der Waals surface area contributed by atoms with Gasteiger partial charge in [-0.2, -0.15) is 0 Å². The van der Waals surface area contributed by atoms with E-state index in [-0.39, 0.29) is 6.04 Å².